The molecular weight excluding hydrogens is 353 g/mol. The minimum Gasteiger partial charge on any atom is -0.493 e. The van der Waals surface area contributed by atoms with Crippen molar-refractivity contribution in [3.63, 3.8) is 0 Å². The third-order valence-electron chi connectivity index (χ3n) is 3.57. The molecule has 2 heterocycles. The second kappa shape index (κ2) is 6.87. The van der Waals surface area contributed by atoms with E-state index in [0.717, 1.165) is 40.7 Å². The van der Waals surface area contributed by atoms with Crippen LogP contribution in [0.25, 0.3) is 6.08 Å². The lowest BCUT2D eigenvalue weighted by molar-refractivity contribution is -0.129. The van der Waals surface area contributed by atoms with Gasteiger partial charge in [-0.05, 0) is 36.3 Å². The molecule has 1 aromatic heterocycles. The average Bonchev–Trinajstić information content (AvgIpc) is 3.17. The van der Waals surface area contributed by atoms with Gasteiger partial charge in [-0.2, -0.15) is 13.2 Å². The Balaban J connectivity index is 1.80. The average molecular weight is 368 g/mol. The Bertz CT molecular complexity index is 814. The van der Waals surface area contributed by atoms with E-state index >= 15 is 0 Å². The number of alkyl halides is 3. The molecular formula is C17H15F3N2O2S. The van der Waals surface area contributed by atoms with Crippen molar-refractivity contribution >= 4 is 28.5 Å². The SMILES string of the molecule is Cc1csc(N(CC(F)(F)F)C(=O)/C=C/c2ccc3c(c2)CCO3)n1. The van der Waals surface area contributed by atoms with Crippen molar-refractivity contribution in [2.24, 2.45) is 0 Å². The lowest BCUT2D eigenvalue weighted by Gasteiger charge is -2.19. The fourth-order valence-electron chi connectivity index (χ4n) is 2.45. The molecule has 0 N–H and O–H groups in total. The van der Waals surface area contributed by atoms with Gasteiger partial charge in [0, 0.05) is 17.9 Å². The van der Waals surface area contributed by atoms with Crippen LogP contribution in [-0.4, -0.2) is 30.2 Å². The number of hydrogen-bond acceptors (Lipinski definition) is 4. The smallest absolute Gasteiger partial charge is 0.406 e. The van der Waals surface area contributed by atoms with Crippen molar-refractivity contribution in [3.05, 3.63) is 46.5 Å². The summed E-state index contributed by atoms with van der Waals surface area (Å²) in [5.74, 6) is 0.0452. The van der Waals surface area contributed by atoms with Crippen LogP contribution in [-0.2, 0) is 11.2 Å². The summed E-state index contributed by atoms with van der Waals surface area (Å²) in [4.78, 5) is 17.0. The number of amides is 1. The molecule has 3 rings (SSSR count). The minimum absolute atomic E-state index is 0.0341. The number of hydrogen-bond donors (Lipinski definition) is 0. The quantitative estimate of drug-likeness (QED) is 0.767. The van der Waals surface area contributed by atoms with Gasteiger partial charge in [0.1, 0.15) is 12.3 Å². The van der Waals surface area contributed by atoms with E-state index < -0.39 is 18.6 Å². The van der Waals surface area contributed by atoms with Crippen molar-refractivity contribution in [2.45, 2.75) is 19.5 Å². The fraction of sp³-hybridized carbons (Fsp3) is 0.294. The number of anilines is 1. The van der Waals surface area contributed by atoms with Gasteiger partial charge >= 0.3 is 6.18 Å². The van der Waals surface area contributed by atoms with Gasteiger partial charge in [-0.25, -0.2) is 4.98 Å². The molecule has 0 bridgehead atoms. The maximum absolute atomic E-state index is 12.8. The summed E-state index contributed by atoms with van der Waals surface area (Å²) in [7, 11) is 0. The van der Waals surface area contributed by atoms with Gasteiger partial charge in [-0.3, -0.25) is 9.69 Å². The van der Waals surface area contributed by atoms with Crippen molar-refractivity contribution in [3.8, 4) is 5.75 Å². The number of aryl methyl sites for hydroxylation is 1. The number of carbonyl (C=O) groups is 1. The van der Waals surface area contributed by atoms with E-state index in [9.17, 15) is 18.0 Å². The molecule has 0 fully saturated rings. The number of rotatable bonds is 4. The lowest BCUT2D eigenvalue weighted by atomic mass is 10.1. The number of carbonyl (C=O) groups excluding carboxylic acids is 1. The van der Waals surface area contributed by atoms with E-state index in [1.165, 1.54) is 6.08 Å². The van der Waals surface area contributed by atoms with E-state index in [1.54, 1.807) is 24.4 Å². The van der Waals surface area contributed by atoms with Gasteiger partial charge in [-0.15, -0.1) is 11.3 Å². The van der Waals surface area contributed by atoms with Crippen molar-refractivity contribution < 1.29 is 22.7 Å². The van der Waals surface area contributed by atoms with E-state index in [2.05, 4.69) is 4.98 Å². The Morgan fingerprint density at radius 2 is 2.24 bits per heavy atom. The van der Waals surface area contributed by atoms with Crippen LogP contribution in [0.4, 0.5) is 18.3 Å². The maximum atomic E-state index is 12.8. The predicted octanol–water partition coefficient (Wildman–Crippen LogP) is 4.00. The maximum Gasteiger partial charge on any atom is 0.406 e. The monoisotopic (exact) mass is 368 g/mol. The topological polar surface area (TPSA) is 42.4 Å². The summed E-state index contributed by atoms with van der Waals surface area (Å²) in [5.41, 5.74) is 2.33. The molecule has 0 unspecified atom stereocenters. The number of nitrogens with zero attached hydrogens (tertiary/aromatic N) is 2. The first-order valence-corrected chi connectivity index (χ1v) is 8.44. The summed E-state index contributed by atoms with van der Waals surface area (Å²) >= 11 is 1.01. The van der Waals surface area contributed by atoms with Crippen LogP contribution in [0.2, 0.25) is 0 Å². The van der Waals surface area contributed by atoms with Crippen LogP contribution in [0.1, 0.15) is 16.8 Å². The number of benzene rings is 1. The number of aromatic nitrogens is 1. The van der Waals surface area contributed by atoms with Crippen LogP contribution < -0.4 is 9.64 Å². The second-order valence-electron chi connectivity index (χ2n) is 5.61. The number of halogens is 3. The van der Waals surface area contributed by atoms with Gasteiger partial charge in [0.2, 0.25) is 0 Å². The van der Waals surface area contributed by atoms with E-state index in [-0.39, 0.29) is 5.13 Å². The first-order valence-electron chi connectivity index (χ1n) is 7.56. The van der Waals surface area contributed by atoms with Gasteiger partial charge in [0.05, 0.1) is 12.3 Å². The molecule has 0 spiro atoms. The molecule has 8 heteroatoms. The summed E-state index contributed by atoms with van der Waals surface area (Å²) in [6, 6.07) is 5.42. The van der Waals surface area contributed by atoms with Gasteiger partial charge in [-0.1, -0.05) is 6.07 Å². The van der Waals surface area contributed by atoms with Gasteiger partial charge in [0.15, 0.2) is 5.13 Å². The first kappa shape index (κ1) is 17.5. The minimum atomic E-state index is -4.51. The molecule has 25 heavy (non-hydrogen) atoms. The first-order chi connectivity index (χ1) is 11.8. The Labute approximate surface area is 146 Å². The molecule has 2 aromatic rings. The van der Waals surface area contributed by atoms with Crippen molar-refractivity contribution in [1.82, 2.24) is 4.98 Å². The molecule has 0 saturated heterocycles. The summed E-state index contributed by atoms with van der Waals surface area (Å²) in [5, 5.41) is 1.64. The van der Waals surface area contributed by atoms with Gasteiger partial charge < -0.3 is 4.74 Å². The van der Waals surface area contributed by atoms with Crippen LogP contribution in [0, 0.1) is 6.92 Å². The molecule has 1 aliphatic heterocycles. The number of thiazole rings is 1. The lowest BCUT2D eigenvalue weighted by Crippen LogP contribution is -2.38. The normalized spacial score (nSPS) is 13.8. The molecule has 1 aromatic carbocycles. The largest absolute Gasteiger partial charge is 0.493 e. The Hall–Kier alpha value is -2.35. The third-order valence-corrected chi connectivity index (χ3v) is 4.55. The highest BCUT2D eigenvalue weighted by Gasteiger charge is 2.34. The third kappa shape index (κ3) is 4.39. The molecule has 0 atom stereocenters. The molecule has 0 aliphatic carbocycles. The number of fused-ring (bicyclic) bond motifs is 1. The number of ether oxygens (including phenoxy) is 1. The van der Waals surface area contributed by atoms with Crippen LogP contribution >= 0.6 is 11.3 Å². The predicted molar refractivity (Wildman–Crippen MR) is 89.9 cm³/mol. The van der Waals surface area contributed by atoms with E-state index in [1.807, 2.05) is 6.07 Å². The standard InChI is InChI=1S/C17H15F3N2O2S/c1-11-9-25-16(21-11)22(10-17(18,19)20)15(23)5-3-12-2-4-14-13(8-12)6-7-24-14/h2-5,8-9H,6-7,10H2,1H3/b5-3+. The summed E-state index contributed by atoms with van der Waals surface area (Å²) < 4.78 is 43.9. The summed E-state index contributed by atoms with van der Waals surface area (Å²) in [6.45, 7) is 0.907. The van der Waals surface area contributed by atoms with Crippen LogP contribution in [0.3, 0.4) is 0 Å². The molecule has 4 nitrogen and oxygen atoms in total. The van der Waals surface area contributed by atoms with Crippen molar-refractivity contribution in [1.29, 1.82) is 0 Å². The molecule has 1 amide bonds. The Kier molecular flexibility index (Phi) is 4.80. The van der Waals surface area contributed by atoms with Crippen LogP contribution in [0.5, 0.6) is 5.75 Å². The van der Waals surface area contributed by atoms with Crippen molar-refractivity contribution in [2.75, 3.05) is 18.1 Å². The van der Waals surface area contributed by atoms with E-state index in [4.69, 9.17) is 4.74 Å². The van der Waals surface area contributed by atoms with Gasteiger partial charge in [0.25, 0.3) is 5.91 Å². The Morgan fingerprint density at radius 1 is 1.44 bits per heavy atom. The summed E-state index contributed by atoms with van der Waals surface area (Å²) in [6.07, 6.45) is -1.08. The second-order valence-corrected chi connectivity index (χ2v) is 6.45. The molecule has 0 radical (unpaired) electrons. The highest BCUT2D eigenvalue weighted by Crippen LogP contribution is 2.27. The highest BCUT2D eigenvalue weighted by atomic mass is 32.1. The zero-order valence-electron chi connectivity index (χ0n) is 13.3. The zero-order chi connectivity index (χ0) is 18.0. The molecule has 132 valence electrons. The Morgan fingerprint density at radius 3 is 2.92 bits per heavy atom. The zero-order valence-corrected chi connectivity index (χ0v) is 14.2. The molecule has 1 aliphatic rings. The molecule has 0 saturated carbocycles. The highest BCUT2D eigenvalue weighted by molar-refractivity contribution is 7.14. The van der Waals surface area contributed by atoms with Crippen LogP contribution in [0.15, 0.2) is 29.7 Å². The van der Waals surface area contributed by atoms with E-state index in [0.29, 0.717) is 17.2 Å². The fourth-order valence-corrected chi connectivity index (χ4v) is 3.26.